The summed E-state index contributed by atoms with van der Waals surface area (Å²) >= 11 is 1.48. The van der Waals surface area contributed by atoms with Crippen molar-refractivity contribution in [2.75, 3.05) is 17.3 Å². The van der Waals surface area contributed by atoms with Crippen LogP contribution in [-0.4, -0.2) is 29.8 Å². The van der Waals surface area contributed by atoms with E-state index in [-0.39, 0.29) is 30.0 Å². The van der Waals surface area contributed by atoms with Gasteiger partial charge in [0.15, 0.2) is 0 Å². The van der Waals surface area contributed by atoms with E-state index < -0.39 is 34.9 Å². The Morgan fingerprint density at radius 2 is 1.79 bits per heavy atom. The van der Waals surface area contributed by atoms with Gasteiger partial charge in [0, 0.05) is 24.0 Å². The first-order valence-corrected chi connectivity index (χ1v) is 14.2. The Hall–Kier alpha value is -4.77. The summed E-state index contributed by atoms with van der Waals surface area (Å²) in [5, 5.41) is 2.59. The number of benzene rings is 3. The first kappa shape index (κ1) is 29.7. The van der Waals surface area contributed by atoms with E-state index in [1.165, 1.54) is 28.4 Å². The number of fused-ring (bicyclic) bond motifs is 1. The van der Waals surface area contributed by atoms with Crippen molar-refractivity contribution in [2.45, 2.75) is 19.0 Å². The molecule has 7 nitrogen and oxygen atoms in total. The van der Waals surface area contributed by atoms with Gasteiger partial charge in [0.1, 0.15) is 0 Å². The summed E-state index contributed by atoms with van der Waals surface area (Å²) in [4.78, 5) is 46.6. The first-order chi connectivity index (χ1) is 20.5. The SMILES string of the molecule is CN(C(=O)C(Cc1ccccc1)C1(C(N)=O)C=CC=C(C(=O)Nc2ccc(C(F)(F)F)cc2)C1)c1ccc2scnc2c1. The molecule has 3 aromatic carbocycles. The molecular weight excluding hydrogens is 577 g/mol. The molecule has 0 bridgehead atoms. The first-order valence-electron chi connectivity index (χ1n) is 13.3. The van der Waals surface area contributed by atoms with Crippen LogP contribution in [0.5, 0.6) is 0 Å². The van der Waals surface area contributed by atoms with Crippen LogP contribution in [0.4, 0.5) is 24.5 Å². The Balaban J connectivity index is 1.46. The summed E-state index contributed by atoms with van der Waals surface area (Å²) in [6.07, 6.45) is 0.0393. The van der Waals surface area contributed by atoms with Gasteiger partial charge in [-0.25, -0.2) is 4.98 Å². The second kappa shape index (κ2) is 11.8. The van der Waals surface area contributed by atoms with Crippen molar-refractivity contribution in [1.29, 1.82) is 0 Å². The molecule has 11 heteroatoms. The van der Waals surface area contributed by atoms with Crippen molar-refractivity contribution >= 4 is 50.6 Å². The lowest BCUT2D eigenvalue weighted by Crippen LogP contribution is -2.51. The van der Waals surface area contributed by atoms with Gasteiger partial charge >= 0.3 is 6.18 Å². The number of thiazole rings is 1. The summed E-state index contributed by atoms with van der Waals surface area (Å²) in [7, 11) is 1.61. The van der Waals surface area contributed by atoms with Gasteiger partial charge in [-0.1, -0.05) is 48.6 Å². The molecule has 1 aromatic heterocycles. The highest BCUT2D eigenvalue weighted by Crippen LogP contribution is 2.42. The maximum Gasteiger partial charge on any atom is 0.416 e. The molecule has 4 aromatic rings. The Morgan fingerprint density at radius 3 is 2.47 bits per heavy atom. The minimum atomic E-state index is -4.51. The minimum Gasteiger partial charge on any atom is -0.369 e. The normalized spacial score (nSPS) is 17.3. The molecule has 0 spiro atoms. The number of primary amides is 1. The second-order valence-electron chi connectivity index (χ2n) is 10.3. The lowest BCUT2D eigenvalue weighted by atomic mass is 9.65. The van der Waals surface area contributed by atoms with E-state index in [1.54, 1.807) is 30.8 Å². The highest BCUT2D eigenvalue weighted by molar-refractivity contribution is 7.16. The molecule has 0 aliphatic heterocycles. The van der Waals surface area contributed by atoms with Gasteiger partial charge in [0.05, 0.1) is 32.6 Å². The average molecular weight is 605 g/mol. The second-order valence-corrected chi connectivity index (χ2v) is 11.2. The van der Waals surface area contributed by atoms with Crippen LogP contribution in [-0.2, 0) is 27.0 Å². The van der Waals surface area contributed by atoms with Crippen LogP contribution in [0.1, 0.15) is 17.5 Å². The van der Waals surface area contributed by atoms with Crippen LogP contribution in [0.2, 0.25) is 0 Å². The third-order valence-corrected chi connectivity index (χ3v) is 8.44. The molecule has 1 aliphatic rings. The fraction of sp³-hybridized carbons (Fsp3) is 0.188. The Morgan fingerprint density at radius 1 is 1.07 bits per heavy atom. The molecule has 1 heterocycles. The van der Waals surface area contributed by atoms with Crippen molar-refractivity contribution < 1.29 is 27.6 Å². The monoisotopic (exact) mass is 604 g/mol. The van der Waals surface area contributed by atoms with Crippen LogP contribution in [0.25, 0.3) is 10.2 Å². The number of allylic oxidation sites excluding steroid dienone is 2. The smallest absolute Gasteiger partial charge is 0.369 e. The summed E-state index contributed by atoms with van der Waals surface area (Å²) in [6, 6.07) is 18.7. The third-order valence-electron chi connectivity index (χ3n) is 7.63. The zero-order chi connectivity index (χ0) is 30.8. The summed E-state index contributed by atoms with van der Waals surface area (Å²) in [5.41, 5.74) is 7.72. The fourth-order valence-corrected chi connectivity index (χ4v) is 5.87. The molecule has 5 rings (SSSR count). The molecule has 2 atom stereocenters. The number of nitrogens with two attached hydrogens (primary N) is 1. The molecule has 1 aliphatic carbocycles. The number of nitrogens with one attached hydrogen (secondary N) is 1. The van der Waals surface area contributed by atoms with Crippen LogP contribution >= 0.6 is 11.3 Å². The zero-order valence-corrected chi connectivity index (χ0v) is 23.8. The molecule has 3 N–H and O–H groups in total. The molecule has 0 radical (unpaired) electrons. The third kappa shape index (κ3) is 6.21. The number of carbonyl (C=O) groups excluding carboxylic acids is 3. The molecule has 220 valence electrons. The van der Waals surface area contributed by atoms with E-state index in [0.717, 1.165) is 40.0 Å². The fourth-order valence-electron chi connectivity index (χ4n) is 5.21. The largest absolute Gasteiger partial charge is 0.416 e. The van der Waals surface area contributed by atoms with Gasteiger partial charge in [-0.2, -0.15) is 13.2 Å². The Labute approximate surface area is 249 Å². The summed E-state index contributed by atoms with van der Waals surface area (Å²) in [6.45, 7) is 0. The van der Waals surface area contributed by atoms with Crippen LogP contribution in [0.3, 0.4) is 0 Å². The van der Waals surface area contributed by atoms with Gasteiger partial charge in [0.25, 0.3) is 5.91 Å². The van der Waals surface area contributed by atoms with E-state index in [1.807, 2.05) is 36.4 Å². The zero-order valence-electron chi connectivity index (χ0n) is 23.0. The summed E-state index contributed by atoms with van der Waals surface area (Å²) in [5.74, 6) is -2.79. The number of halogens is 3. The molecule has 0 saturated carbocycles. The maximum absolute atomic E-state index is 14.3. The van der Waals surface area contributed by atoms with Crippen molar-refractivity contribution in [3.63, 3.8) is 0 Å². The number of amides is 3. The number of rotatable bonds is 8. The molecule has 0 saturated heterocycles. The van der Waals surface area contributed by atoms with Gasteiger partial charge < -0.3 is 16.0 Å². The maximum atomic E-state index is 14.3. The topological polar surface area (TPSA) is 105 Å². The minimum absolute atomic E-state index is 0.146. The average Bonchev–Trinajstić information content (AvgIpc) is 3.47. The number of anilines is 2. The van der Waals surface area contributed by atoms with Crippen LogP contribution < -0.4 is 16.0 Å². The van der Waals surface area contributed by atoms with E-state index in [0.29, 0.717) is 5.69 Å². The van der Waals surface area contributed by atoms with E-state index in [2.05, 4.69) is 10.3 Å². The van der Waals surface area contributed by atoms with Gasteiger partial charge in [-0.3, -0.25) is 14.4 Å². The van der Waals surface area contributed by atoms with Crippen molar-refractivity contribution in [3.05, 3.63) is 113 Å². The number of nitrogens with zero attached hydrogens (tertiary/aromatic N) is 2. The quantitative estimate of drug-likeness (QED) is 0.252. The lowest BCUT2D eigenvalue weighted by molar-refractivity contribution is -0.137. The molecule has 3 amide bonds. The number of hydrogen-bond donors (Lipinski definition) is 2. The number of aromatic nitrogens is 1. The number of hydrogen-bond acceptors (Lipinski definition) is 5. The highest BCUT2D eigenvalue weighted by Gasteiger charge is 2.49. The van der Waals surface area contributed by atoms with E-state index in [4.69, 9.17) is 5.73 Å². The molecule has 0 fully saturated rings. The van der Waals surface area contributed by atoms with Crippen molar-refractivity contribution in [1.82, 2.24) is 4.98 Å². The summed E-state index contributed by atoms with van der Waals surface area (Å²) < 4.78 is 39.9. The number of carbonyl (C=O) groups is 3. The Bertz CT molecular complexity index is 1730. The van der Waals surface area contributed by atoms with E-state index in [9.17, 15) is 27.6 Å². The predicted molar refractivity (Wildman–Crippen MR) is 160 cm³/mol. The van der Waals surface area contributed by atoms with Gasteiger partial charge in [-0.15, -0.1) is 11.3 Å². The van der Waals surface area contributed by atoms with Crippen LogP contribution in [0.15, 0.2) is 102 Å². The lowest BCUT2D eigenvalue weighted by Gasteiger charge is -2.39. The molecule has 2 unspecified atom stereocenters. The van der Waals surface area contributed by atoms with Gasteiger partial charge in [0.2, 0.25) is 11.8 Å². The predicted octanol–water partition coefficient (Wildman–Crippen LogP) is 6.13. The standard InChI is InChI=1S/C32H27F3N4O3S/c1-39(24-13-14-27-26(17-24)37-19-43-27)29(41)25(16-20-6-3-2-4-7-20)31(30(36)42)15-5-8-21(18-31)28(40)38-23-11-9-22(10-12-23)32(33,34)35/h2-15,17,19,25H,16,18H2,1H3,(H2,36,42)(H,38,40). The molecule has 43 heavy (non-hydrogen) atoms. The van der Waals surface area contributed by atoms with Crippen molar-refractivity contribution in [2.24, 2.45) is 17.1 Å². The number of alkyl halides is 3. The highest BCUT2D eigenvalue weighted by atomic mass is 32.1. The van der Waals surface area contributed by atoms with E-state index >= 15 is 0 Å². The van der Waals surface area contributed by atoms with Crippen molar-refractivity contribution in [3.8, 4) is 0 Å². The van der Waals surface area contributed by atoms with Crippen LogP contribution in [0, 0.1) is 11.3 Å². The molecular formula is C32H27F3N4O3S. The Kier molecular flexibility index (Phi) is 8.19. The van der Waals surface area contributed by atoms with Gasteiger partial charge in [-0.05, 0) is 60.9 Å².